The molecule has 0 saturated carbocycles. The number of carbonyl (C=O) groups is 1. The summed E-state index contributed by atoms with van der Waals surface area (Å²) in [6.45, 7) is 6.58. The van der Waals surface area contributed by atoms with Gasteiger partial charge in [-0.15, -0.1) is 0 Å². The van der Waals surface area contributed by atoms with Gasteiger partial charge in [-0.1, -0.05) is 6.92 Å². The van der Waals surface area contributed by atoms with Crippen molar-refractivity contribution < 1.29 is 9.90 Å². The lowest BCUT2D eigenvalue weighted by atomic mass is 10.1. The minimum atomic E-state index is -0.695. The summed E-state index contributed by atoms with van der Waals surface area (Å²) in [5, 5.41) is 12.0. The molecule has 1 aliphatic rings. The smallest absolute Gasteiger partial charge is 0.303 e. The van der Waals surface area contributed by atoms with Gasteiger partial charge in [0.15, 0.2) is 0 Å². The molecule has 1 heterocycles. The van der Waals surface area contributed by atoms with E-state index in [1.807, 2.05) is 0 Å². The normalized spacial score (nSPS) is 22.9. The fraction of sp³-hybridized carbons (Fsp3) is 0.917. The van der Waals surface area contributed by atoms with Gasteiger partial charge in [0.25, 0.3) is 0 Å². The summed E-state index contributed by atoms with van der Waals surface area (Å²) in [6, 6.07) is 0.588. The van der Waals surface area contributed by atoms with Gasteiger partial charge < -0.3 is 15.3 Å². The monoisotopic (exact) mass is 228 g/mol. The second-order valence-electron chi connectivity index (χ2n) is 4.51. The van der Waals surface area contributed by atoms with Crippen molar-refractivity contribution >= 4 is 5.97 Å². The first-order valence-electron chi connectivity index (χ1n) is 6.40. The average molecular weight is 228 g/mol. The molecular formula is C12H24N2O2. The summed E-state index contributed by atoms with van der Waals surface area (Å²) in [6.07, 6.45) is 4.69. The summed E-state index contributed by atoms with van der Waals surface area (Å²) in [5.74, 6) is -0.695. The van der Waals surface area contributed by atoms with Gasteiger partial charge in [-0.2, -0.15) is 0 Å². The van der Waals surface area contributed by atoms with E-state index in [1.54, 1.807) is 0 Å². The van der Waals surface area contributed by atoms with E-state index >= 15 is 0 Å². The molecule has 0 aromatic rings. The molecule has 2 N–H and O–H groups in total. The van der Waals surface area contributed by atoms with Crippen LogP contribution in [0.15, 0.2) is 0 Å². The van der Waals surface area contributed by atoms with Gasteiger partial charge in [0.1, 0.15) is 0 Å². The maximum absolute atomic E-state index is 10.4. The Balaban J connectivity index is 2.10. The van der Waals surface area contributed by atoms with Crippen LogP contribution in [0.2, 0.25) is 0 Å². The number of aliphatic carboxylic acids is 1. The molecular weight excluding hydrogens is 204 g/mol. The van der Waals surface area contributed by atoms with Gasteiger partial charge in [-0.05, 0) is 51.9 Å². The standard InChI is InChI=1S/C12H24N2O2/c1-2-14-9-4-5-11(7-10-14)13-8-3-6-12(15)16/h11,13H,2-10H2,1H3,(H,15,16). The SMILES string of the molecule is CCN1CCCC(NCCCC(=O)O)CC1. The molecule has 4 heteroatoms. The largest absolute Gasteiger partial charge is 0.481 e. The van der Waals surface area contributed by atoms with Crippen LogP contribution in [0.5, 0.6) is 0 Å². The molecule has 1 aliphatic heterocycles. The topological polar surface area (TPSA) is 52.6 Å². The highest BCUT2D eigenvalue weighted by atomic mass is 16.4. The molecule has 0 aromatic carbocycles. The van der Waals surface area contributed by atoms with Crippen molar-refractivity contribution in [1.29, 1.82) is 0 Å². The Bertz CT molecular complexity index is 209. The minimum absolute atomic E-state index is 0.279. The molecule has 1 saturated heterocycles. The lowest BCUT2D eigenvalue weighted by Gasteiger charge is -2.18. The third-order valence-electron chi connectivity index (χ3n) is 3.27. The molecule has 0 aliphatic carbocycles. The van der Waals surface area contributed by atoms with Crippen LogP contribution in [0.1, 0.15) is 39.0 Å². The number of carboxylic acids is 1. The molecule has 0 radical (unpaired) electrons. The molecule has 16 heavy (non-hydrogen) atoms. The first-order chi connectivity index (χ1) is 7.72. The maximum atomic E-state index is 10.4. The van der Waals surface area contributed by atoms with Crippen LogP contribution < -0.4 is 5.32 Å². The average Bonchev–Trinajstić information content (AvgIpc) is 2.49. The lowest BCUT2D eigenvalue weighted by Crippen LogP contribution is -2.31. The van der Waals surface area contributed by atoms with Crippen molar-refractivity contribution in [3.8, 4) is 0 Å². The van der Waals surface area contributed by atoms with Gasteiger partial charge in [-0.3, -0.25) is 4.79 Å². The van der Waals surface area contributed by atoms with Crippen molar-refractivity contribution in [1.82, 2.24) is 10.2 Å². The molecule has 0 aromatic heterocycles. The Morgan fingerprint density at radius 2 is 2.25 bits per heavy atom. The summed E-state index contributed by atoms with van der Waals surface area (Å²) in [5.41, 5.74) is 0. The number of hydrogen-bond acceptors (Lipinski definition) is 3. The Hall–Kier alpha value is -0.610. The van der Waals surface area contributed by atoms with Gasteiger partial charge in [0.05, 0.1) is 0 Å². The summed E-state index contributed by atoms with van der Waals surface area (Å²) in [4.78, 5) is 12.8. The Morgan fingerprint density at radius 1 is 1.44 bits per heavy atom. The van der Waals surface area contributed by atoms with Gasteiger partial charge in [0, 0.05) is 12.5 Å². The molecule has 0 amide bonds. The third kappa shape index (κ3) is 5.47. The van der Waals surface area contributed by atoms with Crippen molar-refractivity contribution in [2.24, 2.45) is 0 Å². The quantitative estimate of drug-likeness (QED) is 0.673. The van der Waals surface area contributed by atoms with Crippen LogP contribution in [-0.2, 0) is 4.79 Å². The van der Waals surface area contributed by atoms with Crippen molar-refractivity contribution in [3.63, 3.8) is 0 Å². The zero-order valence-electron chi connectivity index (χ0n) is 10.2. The second-order valence-corrected chi connectivity index (χ2v) is 4.51. The molecule has 4 nitrogen and oxygen atoms in total. The van der Waals surface area contributed by atoms with Crippen LogP contribution in [-0.4, -0.2) is 48.2 Å². The zero-order valence-corrected chi connectivity index (χ0v) is 10.2. The first-order valence-corrected chi connectivity index (χ1v) is 6.40. The van der Waals surface area contributed by atoms with E-state index in [2.05, 4.69) is 17.1 Å². The van der Waals surface area contributed by atoms with E-state index in [-0.39, 0.29) is 6.42 Å². The molecule has 1 fully saturated rings. The minimum Gasteiger partial charge on any atom is -0.481 e. The fourth-order valence-electron chi connectivity index (χ4n) is 2.22. The van der Waals surface area contributed by atoms with E-state index in [1.165, 1.54) is 32.4 Å². The summed E-state index contributed by atoms with van der Waals surface area (Å²) >= 11 is 0. The zero-order chi connectivity index (χ0) is 11.8. The van der Waals surface area contributed by atoms with Crippen molar-refractivity contribution in [3.05, 3.63) is 0 Å². The van der Waals surface area contributed by atoms with E-state index in [0.717, 1.165) is 19.5 Å². The highest BCUT2D eigenvalue weighted by Crippen LogP contribution is 2.10. The number of hydrogen-bond donors (Lipinski definition) is 2. The van der Waals surface area contributed by atoms with Crippen molar-refractivity contribution in [2.75, 3.05) is 26.2 Å². The van der Waals surface area contributed by atoms with Crippen LogP contribution >= 0.6 is 0 Å². The Labute approximate surface area is 98.0 Å². The van der Waals surface area contributed by atoms with E-state index in [0.29, 0.717) is 6.04 Å². The molecule has 94 valence electrons. The van der Waals surface area contributed by atoms with Crippen LogP contribution in [0.4, 0.5) is 0 Å². The highest BCUT2D eigenvalue weighted by molar-refractivity contribution is 5.66. The van der Waals surface area contributed by atoms with E-state index < -0.39 is 5.97 Å². The Kier molecular flexibility index (Phi) is 6.42. The molecule has 1 atom stereocenters. The first kappa shape index (κ1) is 13.5. The summed E-state index contributed by atoms with van der Waals surface area (Å²) < 4.78 is 0. The van der Waals surface area contributed by atoms with Crippen LogP contribution in [0.3, 0.4) is 0 Å². The molecule has 1 unspecified atom stereocenters. The number of nitrogens with zero attached hydrogens (tertiary/aromatic N) is 1. The number of nitrogens with one attached hydrogen (secondary N) is 1. The second kappa shape index (κ2) is 7.63. The van der Waals surface area contributed by atoms with Gasteiger partial charge in [0.2, 0.25) is 0 Å². The Morgan fingerprint density at radius 3 is 2.94 bits per heavy atom. The molecule has 0 bridgehead atoms. The number of carboxylic acid groups (broad SMARTS) is 1. The van der Waals surface area contributed by atoms with E-state index in [4.69, 9.17) is 5.11 Å². The van der Waals surface area contributed by atoms with Gasteiger partial charge in [-0.25, -0.2) is 0 Å². The van der Waals surface area contributed by atoms with E-state index in [9.17, 15) is 4.79 Å². The van der Waals surface area contributed by atoms with Gasteiger partial charge >= 0.3 is 5.97 Å². The van der Waals surface area contributed by atoms with Crippen LogP contribution in [0, 0.1) is 0 Å². The lowest BCUT2D eigenvalue weighted by molar-refractivity contribution is -0.137. The molecule has 1 rings (SSSR count). The molecule has 0 spiro atoms. The predicted molar refractivity (Wildman–Crippen MR) is 64.6 cm³/mol. The summed E-state index contributed by atoms with van der Waals surface area (Å²) in [7, 11) is 0. The fourth-order valence-corrected chi connectivity index (χ4v) is 2.22. The number of rotatable bonds is 6. The highest BCUT2D eigenvalue weighted by Gasteiger charge is 2.14. The maximum Gasteiger partial charge on any atom is 0.303 e. The van der Waals surface area contributed by atoms with Crippen molar-refractivity contribution in [2.45, 2.75) is 45.1 Å². The van der Waals surface area contributed by atoms with Crippen LogP contribution in [0.25, 0.3) is 0 Å². The third-order valence-corrected chi connectivity index (χ3v) is 3.27. The number of likely N-dealkylation sites (tertiary alicyclic amines) is 1. The predicted octanol–water partition coefficient (Wildman–Crippen LogP) is 1.32.